The van der Waals surface area contributed by atoms with E-state index < -0.39 is 0 Å². The number of ether oxygens (including phenoxy) is 2. The molecule has 0 radical (unpaired) electrons. The van der Waals surface area contributed by atoms with Gasteiger partial charge in [0.2, 0.25) is 0 Å². The fraction of sp³-hybridized carbons (Fsp3) is 0.412. The second-order valence-electron chi connectivity index (χ2n) is 5.69. The van der Waals surface area contributed by atoms with Gasteiger partial charge in [-0.1, -0.05) is 5.16 Å². The number of nitrogens with zero attached hydrogens (tertiary/aromatic N) is 1. The maximum absolute atomic E-state index is 12.3. The van der Waals surface area contributed by atoms with Crippen molar-refractivity contribution in [3.05, 3.63) is 41.3 Å². The Bertz CT molecular complexity index is 706. The van der Waals surface area contributed by atoms with E-state index in [9.17, 15) is 4.79 Å². The van der Waals surface area contributed by atoms with Gasteiger partial charge >= 0.3 is 0 Å². The number of nitrogens with one attached hydrogen (secondary N) is 1. The average molecular weight is 316 g/mol. The van der Waals surface area contributed by atoms with Gasteiger partial charge in [0.05, 0.1) is 20.3 Å². The Labute approximate surface area is 134 Å². The molecule has 3 rings (SSSR count). The van der Waals surface area contributed by atoms with Gasteiger partial charge in [0.1, 0.15) is 17.3 Å². The highest BCUT2D eigenvalue weighted by Gasteiger charge is 2.29. The maximum atomic E-state index is 12.3. The van der Waals surface area contributed by atoms with E-state index in [2.05, 4.69) is 10.5 Å². The molecule has 1 fully saturated rings. The summed E-state index contributed by atoms with van der Waals surface area (Å²) in [5, 5.41) is 6.77. The molecule has 0 saturated heterocycles. The molecule has 1 N–H and O–H groups in total. The predicted molar refractivity (Wildman–Crippen MR) is 83.9 cm³/mol. The minimum Gasteiger partial charge on any atom is -0.497 e. The molecule has 0 bridgehead atoms. The number of carbonyl (C=O) groups excluding carboxylic acids is 1. The van der Waals surface area contributed by atoms with Crippen LogP contribution in [-0.4, -0.2) is 25.3 Å². The van der Waals surface area contributed by atoms with Crippen molar-refractivity contribution in [1.82, 2.24) is 10.5 Å². The molecular weight excluding hydrogens is 296 g/mol. The molecule has 1 aliphatic rings. The van der Waals surface area contributed by atoms with Gasteiger partial charge in [-0.25, -0.2) is 0 Å². The minimum absolute atomic E-state index is 0.232. The molecule has 1 amide bonds. The highest BCUT2D eigenvalue weighted by molar-refractivity contribution is 5.92. The smallest absolute Gasteiger partial charge is 0.273 e. The van der Waals surface area contributed by atoms with E-state index >= 15 is 0 Å². The van der Waals surface area contributed by atoms with Crippen molar-refractivity contribution in [2.45, 2.75) is 31.7 Å². The number of hydrogen-bond donors (Lipinski definition) is 1. The van der Waals surface area contributed by atoms with Gasteiger partial charge in [-0.3, -0.25) is 4.79 Å². The second-order valence-corrected chi connectivity index (χ2v) is 5.69. The van der Waals surface area contributed by atoms with Crippen LogP contribution < -0.4 is 14.8 Å². The average Bonchev–Trinajstić information content (AvgIpc) is 3.30. The molecule has 1 unspecified atom stereocenters. The van der Waals surface area contributed by atoms with Crippen molar-refractivity contribution in [3.63, 3.8) is 0 Å². The van der Waals surface area contributed by atoms with Crippen LogP contribution >= 0.6 is 0 Å². The molecule has 6 nitrogen and oxygen atoms in total. The first kappa shape index (κ1) is 15.4. The Morgan fingerprint density at radius 1 is 1.30 bits per heavy atom. The van der Waals surface area contributed by atoms with Crippen LogP contribution in [0, 0.1) is 0 Å². The number of rotatable bonds is 6. The topological polar surface area (TPSA) is 73.6 Å². The molecule has 1 aromatic carbocycles. The summed E-state index contributed by atoms with van der Waals surface area (Å²) in [4.78, 5) is 12.3. The normalized spacial score (nSPS) is 15.1. The Kier molecular flexibility index (Phi) is 4.23. The summed E-state index contributed by atoms with van der Waals surface area (Å²) >= 11 is 0. The van der Waals surface area contributed by atoms with Gasteiger partial charge in [-0.2, -0.15) is 0 Å². The lowest BCUT2D eigenvalue weighted by molar-refractivity contribution is 0.0930. The molecule has 1 saturated carbocycles. The zero-order valence-corrected chi connectivity index (χ0v) is 13.5. The third-order valence-electron chi connectivity index (χ3n) is 4.00. The largest absolute Gasteiger partial charge is 0.497 e. The molecule has 1 aromatic heterocycles. The van der Waals surface area contributed by atoms with Gasteiger partial charge in [0, 0.05) is 23.6 Å². The Morgan fingerprint density at radius 2 is 2.09 bits per heavy atom. The SMILES string of the molecule is COc1ccc(C(C)NC(=O)c2cc(C3CC3)on2)c(OC)c1. The Balaban J connectivity index is 1.72. The summed E-state index contributed by atoms with van der Waals surface area (Å²) in [6, 6.07) is 7.00. The first-order valence-electron chi connectivity index (χ1n) is 7.61. The van der Waals surface area contributed by atoms with Crippen LogP contribution in [-0.2, 0) is 0 Å². The zero-order chi connectivity index (χ0) is 16.4. The molecule has 0 spiro atoms. The molecule has 0 aliphatic heterocycles. The van der Waals surface area contributed by atoms with Crippen molar-refractivity contribution in [1.29, 1.82) is 0 Å². The first-order chi connectivity index (χ1) is 11.1. The lowest BCUT2D eigenvalue weighted by Gasteiger charge is -2.17. The van der Waals surface area contributed by atoms with Gasteiger partial charge < -0.3 is 19.3 Å². The van der Waals surface area contributed by atoms with Crippen molar-refractivity contribution in [2.75, 3.05) is 14.2 Å². The van der Waals surface area contributed by atoms with E-state index in [-0.39, 0.29) is 11.9 Å². The van der Waals surface area contributed by atoms with Crippen molar-refractivity contribution in [3.8, 4) is 11.5 Å². The Hall–Kier alpha value is -2.50. The van der Waals surface area contributed by atoms with E-state index in [1.54, 1.807) is 26.4 Å². The fourth-order valence-corrected chi connectivity index (χ4v) is 2.48. The number of methoxy groups -OCH3 is 2. The van der Waals surface area contributed by atoms with Crippen LogP contribution in [0.3, 0.4) is 0 Å². The predicted octanol–water partition coefficient (Wildman–Crippen LogP) is 3.06. The van der Waals surface area contributed by atoms with Crippen LogP contribution in [0.5, 0.6) is 11.5 Å². The summed E-state index contributed by atoms with van der Waals surface area (Å²) in [5.41, 5.74) is 1.18. The first-order valence-corrected chi connectivity index (χ1v) is 7.61. The summed E-state index contributed by atoms with van der Waals surface area (Å²) < 4.78 is 15.8. The summed E-state index contributed by atoms with van der Waals surface area (Å²) in [6.07, 6.45) is 2.21. The van der Waals surface area contributed by atoms with Crippen molar-refractivity contribution < 1.29 is 18.8 Å². The highest BCUT2D eigenvalue weighted by atomic mass is 16.5. The van der Waals surface area contributed by atoms with Gasteiger partial charge in [0.15, 0.2) is 5.69 Å². The van der Waals surface area contributed by atoms with E-state index in [1.165, 1.54) is 0 Å². The van der Waals surface area contributed by atoms with Crippen molar-refractivity contribution in [2.24, 2.45) is 0 Å². The van der Waals surface area contributed by atoms with E-state index in [4.69, 9.17) is 14.0 Å². The van der Waals surface area contributed by atoms with Crippen LogP contribution in [0.4, 0.5) is 0 Å². The molecule has 2 aromatic rings. The monoisotopic (exact) mass is 316 g/mol. The lowest BCUT2D eigenvalue weighted by atomic mass is 10.1. The van der Waals surface area contributed by atoms with E-state index in [0.717, 1.165) is 24.2 Å². The zero-order valence-electron chi connectivity index (χ0n) is 13.5. The Morgan fingerprint density at radius 3 is 2.74 bits per heavy atom. The highest BCUT2D eigenvalue weighted by Crippen LogP contribution is 2.40. The van der Waals surface area contributed by atoms with Gasteiger partial charge in [-0.05, 0) is 31.9 Å². The number of carbonyl (C=O) groups is 1. The summed E-state index contributed by atoms with van der Waals surface area (Å²) in [5.74, 6) is 2.34. The molecule has 122 valence electrons. The van der Waals surface area contributed by atoms with Gasteiger partial charge in [-0.15, -0.1) is 0 Å². The van der Waals surface area contributed by atoms with Crippen LogP contribution in [0.2, 0.25) is 0 Å². The van der Waals surface area contributed by atoms with Crippen LogP contribution in [0.15, 0.2) is 28.8 Å². The molecule has 6 heteroatoms. The second kappa shape index (κ2) is 6.32. The number of benzene rings is 1. The molecule has 1 aliphatic carbocycles. The lowest BCUT2D eigenvalue weighted by Crippen LogP contribution is -2.27. The van der Waals surface area contributed by atoms with E-state index in [1.807, 2.05) is 19.1 Å². The summed E-state index contributed by atoms with van der Waals surface area (Å²) in [6.45, 7) is 1.89. The van der Waals surface area contributed by atoms with E-state index in [0.29, 0.717) is 23.1 Å². The minimum atomic E-state index is -0.258. The van der Waals surface area contributed by atoms with Crippen LogP contribution in [0.1, 0.15) is 53.5 Å². The molecular formula is C17H20N2O4. The van der Waals surface area contributed by atoms with Gasteiger partial charge in [0.25, 0.3) is 5.91 Å². The molecule has 1 atom stereocenters. The number of hydrogen-bond acceptors (Lipinski definition) is 5. The third-order valence-corrected chi connectivity index (χ3v) is 4.00. The maximum Gasteiger partial charge on any atom is 0.273 e. The fourth-order valence-electron chi connectivity index (χ4n) is 2.48. The number of aromatic nitrogens is 1. The van der Waals surface area contributed by atoms with Crippen LogP contribution in [0.25, 0.3) is 0 Å². The van der Waals surface area contributed by atoms with Crippen molar-refractivity contribution >= 4 is 5.91 Å². The quantitative estimate of drug-likeness (QED) is 0.886. The molecule has 23 heavy (non-hydrogen) atoms. The molecule has 1 heterocycles. The number of amides is 1. The summed E-state index contributed by atoms with van der Waals surface area (Å²) in [7, 11) is 3.19. The third kappa shape index (κ3) is 3.31. The standard InChI is InChI=1S/C17H20N2O4/c1-10(13-7-6-12(21-2)8-16(13)22-3)18-17(20)14-9-15(23-19-14)11-4-5-11/h6-11H,4-5H2,1-3H3,(H,18,20).